The number of likely N-dealkylation sites (tertiary alicyclic amines) is 1. The number of aliphatic hydroxyl groups is 1. The van der Waals surface area contributed by atoms with Crippen molar-refractivity contribution >= 4 is 29.9 Å². The minimum absolute atomic E-state index is 0. The number of halogens is 2. The number of hydrogen-bond acceptors (Lipinski definition) is 3. The van der Waals surface area contributed by atoms with Crippen molar-refractivity contribution in [3.05, 3.63) is 35.6 Å². The lowest BCUT2D eigenvalue weighted by Crippen LogP contribution is -2.40. The van der Waals surface area contributed by atoms with Crippen LogP contribution in [0.1, 0.15) is 25.0 Å². The summed E-state index contributed by atoms with van der Waals surface area (Å²) >= 11 is 0. The second-order valence-corrected chi connectivity index (χ2v) is 5.79. The normalized spacial score (nSPS) is 19.1. The summed E-state index contributed by atoms with van der Waals surface area (Å²) in [5.41, 5.74) is 0.283. The number of nitrogens with one attached hydrogen (secondary N) is 1. The fraction of sp³-hybridized carbons (Fsp3) is 0.588. The van der Waals surface area contributed by atoms with Crippen molar-refractivity contribution in [2.24, 2.45) is 10.9 Å². The first kappa shape index (κ1) is 21.1. The van der Waals surface area contributed by atoms with E-state index in [2.05, 4.69) is 15.2 Å². The van der Waals surface area contributed by atoms with E-state index in [1.165, 1.54) is 6.07 Å². The summed E-state index contributed by atoms with van der Waals surface area (Å²) in [6, 6.07) is 6.27. The number of aliphatic imine (C=N–C) groups is 1. The van der Waals surface area contributed by atoms with Gasteiger partial charge in [-0.15, -0.1) is 24.0 Å². The van der Waals surface area contributed by atoms with Gasteiger partial charge in [-0.25, -0.2) is 4.39 Å². The van der Waals surface area contributed by atoms with E-state index in [1.54, 1.807) is 25.3 Å². The van der Waals surface area contributed by atoms with E-state index < -0.39 is 11.9 Å². The molecule has 0 aliphatic carbocycles. The Balaban J connectivity index is 0.00000288. The Kier molecular flexibility index (Phi) is 9.53. The summed E-state index contributed by atoms with van der Waals surface area (Å²) < 4.78 is 18.9. The second-order valence-electron chi connectivity index (χ2n) is 5.79. The molecule has 1 aromatic rings. The molecule has 0 amide bonds. The molecular weight excluding hydrogens is 424 g/mol. The van der Waals surface area contributed by atoms with E-state index in [0.717, 1.165) is 38.6 Å². The number of hydrogen-bond donors (Lipinski definition) is 2. The summed E-state index contributed by atoms with van der Waals surface area (Å²) in [5.74, 6) is 0.864. The highest BCUT2D eigenvalue weighted by Crippen LogP contribution is 2.19. The van der Waals surface area contributed by atoms with Crippen LogP contribution in [0.15, 0.2) is 29.3 Å². The zero-order valence-corrected chi connectivity index (χ0v) is 16.6. The quantitative estimate of drug-likeness (QED) is 0.397. The standard InChI is InChI=1S/C17H26FN3O2.HI/c1-3-19-17(21-9-8-13(11-21)12-23-2)20-10-16(22)14-6-4-5-7-15(14)18;/h4-7,13,16,22H,3,8-12H2,1-2H3,(H,19,20);1H. The van der Waals surface area contributed by atoms with Crippen LogP contribution in [0.3, 0.4) is 0 Å². The van der Waals surface area contributed by atoms with Crippen molar-refractivity contribution in [1.29, 1.82) is 0 Å². The van der Waals surface area contributed by atoms with Gasteiger partial charge in [0.25, 0.3) is 0 Å². The highest BCUT2D eigenvalue weighted by Gasteiger charge is 2.25. The number of benzene rings is 1. The Morgan fingerprint density at radius 1 is 1.50 bits per heavy atom. The number of guanidine groups is 1. The maximum absolute atomic E-state index is 13.7. The third-order valence-corrected chi connectivity index (χ3v) is 4.00. The Bertz CT molecular complexity index is 530. The van der Waals surface area contributed by atoms with Crippen molar-refractivity contribution in [2.75, 3.05) is 39.9 Å². The van der Waals surface area contributed by atoms with Gasteiger partial charge in [-0.2, -0.15) is 0 Å². The summed E-state index contributed by atoms with van der Waals surface area (Å²) in [7, 11) is 1.71. The van der Waals surface area contributed by atoms with Gasteiger partial charge in [0.2, 0.25) is 0 Å². The zero-order chi connectivity index (χ0) is 16.7. The van der Waals surface area contributed by atoms with Crippen molar-refractivity contribution < 1.29 is 14.2 Å². The van der Waals surface area contributed by atoms with Crippen LogP contribution >= 0.6 is 24.0 Å². The number of methoxy groups -OCH3 is 1. The molecule has 1 saturated heterocycles. The lowest BCUT2D eigenvalue weighted by molar-refractivity contribution is 0.157. The van der Waals surface area contributed by atoms with Crippen molar-refractivity contribution in [2.45, 2.75) is 19.4 Å². The molecule has 2 rings (SSSR count). The molecule has 0 bridgehead atoms. The maximum Gasteiger partial charge on any atom is 0.194 e. The molecule has 1 aliphatic heterocycles. The summed E-state index contributed by atoms with van der Waals surface area (Å²) in [4.78, 5) is 6.65. The zero-order valence-electron chi connectivity index (χ0n) is 14.2. The molecule has 5 nitrogen and oxygen atoms in total. The van der Waals surface area contributed by atoms with E-state index in [9.17, 15) is 9.50 Å². The van der Waals surface area contributed by atoms with E-state index in [-0.39, 0.29) is 36.1 Å². The van der Waals surface area contributed by atoms with Crippen LogP contribution in [0.25, 0.3) is 0 Å². The lowest BCUT2D eigenvalue weighted by atomic mass is 10.1. The largest absolute Gasteiger partial charge is 0.386 e. The Morgan fingerprint density at radius 2 is 2.25 bits per heavy atom. The van der Waals surface area contributed by atoms with E-state index >= 15 is 0 Å². The van der Waals surface area contributed by atoms with Crippen LogP contribution < -0.4 is 5.32 Å². The SMILES string of the molecule is CCNC(=NCC(O)c1ccccc1F)N1CCC(COC)C1.I. The number of aliphatic hydroxyl groups excluding tert-OH is 1. The van der Waals surface area contributed by atoms with Crippen LogP contribution in [0.4, 0.5) is 4.39 Å². The highest BCUT2D eigenvalue weighted by molar-refractivity contribution is 14.0. The molecule has 1 aliphatic rings. The number of rotatable bonds is 6. The smallest absolute Gasteiger partial charge is 0.194 e. The fourth-order valence-electron chi connectivity index (χ4n) is 2.84. The Hall–Kier alpha value is -0.930. The third kappa shape index (κ3) is 5.86. The minimum atomic E-state index is -0.942. The summed E-state index contributed by atoms with van der Waals surface area (Å²) in [6.45, 7) is 5.43. The molecule has 7 heteroatoms. The topological polar surface area (TPSA) is 57.1 Å². The van der Waals surface area contributed by atoms with Gasteiger partial charge in [0.1, 0.15) is 11.9 Å². The van der Waals surface area contributed by atoms with Gasteiger partial charge in [0, 0.05) is 38.2 Å². The third-order valence-electron chi connectivity index (χ3n) is 4.00. The molecule has 0 radical (unpaired) electrons. The van der Waals surface area contributed by atoms with Crippen molar-refractivity contribution in [3.63, 3.8) is 0 Å². The average molecular weight is 451 g/mol. The average Bonchev–Trinajstić information content (AvgIpc) is 3.00. The molecule has 2 atom stereocenters. The lowest BCUT2D eigenvalue weighted by Gasteiger charge is -2.22. The fourth-order valence-corrected chi connectivity index (χ4v) is 2.84. The predicted octanol–water partition coefficient (Wildman–Crippen LogP) is 2.41. The molecule has 0 saturated carbocycles. The van der Waals surface area contributed by atoms with Gasteiger partial charge in [0.15, 0.2) is 5.96 Å². The van der Waals surface area contributed by atoms with Crippen LogP contribution in [-0.4, -0.2) is 55.9 Å². The Morgan fingerprint density at radius 3 is 2.92 bits per heavy atom. The first-order chi connectivity index (χ1) is 11.2. The number of nitrogens with zero attached hydrogens (tertiary/aromatic N) is 2. The van der Waals surface area contributed by atoms with Crippen LogP contribution in [-0.2, 0) is 4.74 Å². The maximum atomic E-state index is 13.7. The van der Waals surface area contributed by atoms with E-state index in [4.69, 9.17) is 4.74 Å². The molecule has 0 aromatic heterocycles. The summed E-state index contributed by atoms with van der Waals surface area (Å²) in [5, 5.41) is 13.4. The first-order valence-corrected chi connectivity index (χ1v) is 8.10. The van der Waals surface area contributed by atoms with Crippen LogP contribution in [0, 0.1) is 11.7 Å². The highest BCUT2D eigenvalue weighted by atomic mass is 127. The van der Waals surface area contributed by atoms with Gasteiger partial charge >= 0.3 is 0 Å². The van der Waals surface area contributed by atoms with Gasteiger partial charge in [-0.3, -0.25) is 4.99 Å². The van der Waals surface area contributed by atoms with Crippen LogP contribution in [0.5, 0.6) is 0 Å². The van der Waals surface area contributed by atoms with Crippen molar-refractivity contribution in [1.82, 2.24) is 10.2 Å². The molecule has 2 N–H and O–H groups in total. The van der Waals surface area contributed by atoms with Gasteiger partial charge in [0.05, 0.1) is 13.2 Å². The summed E-state index contributed by atoms with van der Waals surface area (Å²) in [6.07, 6.45) is 0.121. The van der Waals surface area contributed by atoms with E-state index in [0.29, 0.717) is 5.92 Å². The first-order valence-electron chi connectivity index (χ1n) is 8.10. The van der Waals surface area contributed by atoms with E-state index in [1.807, 2.05) is 6.92 Å². The molecule has 1 aromatic carbocycles. The molecule has 2 unspecified atom stereocenters. The van der Waals surface area contributed by atoms with Gasteiger partial charge in [-0.1, -0.05) is 18.2 Å². The molecule has 24 heavy (non-hydrogen) atoms. The predicted molar refractivity (Wildman–Crippen MR) is 104 cm³/mol. The van der Waals surface area contributed by atoms with Gasteiger partial charge < -0.3 is 20.1 Å². The molecular formula is C17H27FIN3O2. The molecule has 1 heterocycles. The number of ether oxygens (including phenoxy) is 1. The molecule has 0 spiro atoms. The van der Waals surface area contributed by atoms with Crippen LogP contribution in [0.2, 0.25) is 0 Å². The Labute approximate surface area is 160 Å². The second kappa shape index (κ2) is 10.8. The monoisotopic (exact) mass is 451 g/mol. The minimum Gasteiger partial charge on any atom is -0.386 e. The molecule has 1 fully saturated rings. The van der Waals surface area contributed by atoms with Gasteiger partial charge in [-0.05, 0) is 19.4 Å². The van der Waals surface area contributed by atoms with Crippen molar-refractivity contribution in [3.8, 4) is 0 Å². The molecule has 136 valence electrons.